The van der Waals surface area contributed by atoms with Gasteiger partial charge in [0, 0.05) is 36.6 Å². The predicted octanol–water partition coefficient (Wildman–Crippen LogP) is 3.67. The zero-order chi connectivity index (χ0) is 25.9. The van der Waals surface area contributed by atoms with Crippen LogP contribution in [-0.4, -0.2) is 75.0 Å². The highest BCUT2D eigenvalue weighted by molar-refractivity contribution is 5.97. The number of amides is 2. The van der Waals surface area contributed by atoms with Crippen molar-refractivity contribution in [2.45, 2.75) is 13.5 Å². The molecule has 190 valence electrons. The van der Waals surface area contributed by atoms with Gasteiger partial charge in [0.1, 0.15) is 17.0 Å². The molecule has 4 heterocycles. The zero-order valence-electron chi connectivity index (χ0n) is 20.5. The number of ether oxygens (including phenoxy) is 1. The van der Waals surface area contributed by atoms with Gasteiger partial charge in [0.05, 0.1) is 30.9 Å². The minimum Gasteiger partial charge on any atom is -0.450 e. The highest BCUT2D eigenvalue weighted by Crippen LogP contribution is 2.34. The van der Waals surface area contributed by atoms with E-state index in [2.05, 4.69) is 25.3 Å². The van der Waals surface area contributed by atoms with Crippen LogP contribution in [0, 0.1) is 5.82 Å². The number of carbonyl (C=O) groups excluding carboxylic acids is 2. The lowest BCUT2D eigenvalue weighted by Gasteiger charge is -2.31. The van der Waals surface area contributed by atoms with Gasteiger partial charge in [-0.05, 0) is 49.9 Å². The summed E-state index contributed by atoms with van der Waals surface area (Å²) in [5, 5.41) is 2.55. The second kappa shape index (κ2) is 10.3. The van der Waals surface area contributed by atoms with Gasteiger partial charge in [-0.1, -0.05) is 6.07 Å². The molecule has 37 heavy (non-hydrogen) atoms. The lowest BCUT2D eigenvalue weighted by Crippen LogP contribution is -2.48. The average Bonchev–Trinajstić information content (AvgIpc) is 3.28. The number of benzene rings is 1. The minimum atomic E-state index is -0.647. The fourth-order valence-corrected chi connectivity index (χ4v) is 4.25. The highest BCUT2D eigenvalue weighted by atomic mass is 19.1. The van der Waals surface area contributed by atoms with Gasteiger partial charge in [0.2, 0.25) is 11.9 Å². The van der Waals surface area contributed by atoms with Crippen molar-refractivity contribution in [1.82, 2.24) is 29.7 Å². The predicted molar refractivity (Wildman–Crippen MR) is 136 cm³/mol. The van der Waals surface area contributed by atoms with Crippen molar-refractivity contribution < 1.29 is 18.7 Å². The monoisotopic (exact) mass is 503 g/mol. The van der Waals surface area contributed by atoms with Gasteiger partial charge in [0.25, 0.3) is 0 Å². The number of piperazine rings is 1. The standard InChI is InChI=1S/C26H26FN7O3/c1-3-37-26(36)32-25-30-21-12-17(11-19(24(21)31-25)23-20(27)5-4-8-28-23)16-6-7-18(29-13-16)14-34-10-9-33(2)15-22(34)35/h4-8,11-13H,3,9-10,14-15H2,1-2H3,(H2,30,31,32,36). The first kappa shape index (κ1) is 24.3. The van der Waals surface area contributed by atoms with Gasteiger partial charge in [-0.15, -0.1) is 0 Å². The number of aromatic amines is 1. The molecule has 11 heteroatoms. The SMILES string of the molecule is CCOC(=O)Nc1nc2c(-c3ncccc3F)cc(-c3ccc(CN4CCN(C)CC4=O)nc3)cc2[nH]1. The Kier molecular flexibility index (Phi) is 6.78. The molecule has 1 aromatic carbocycles. The summed E-state index contributed by atoms with van der Waals surface area (Å²) in [7, 11) is 1.93. The Labute approximate surface area is 212 Å². The molecule has 0 bridgehead atoms. The van der Waals surface area contributed by atoms with Crippen molar-refractivity contribution in [2.75, 3.05) is 38.6 Å². The number of H-pyrrole nitrogens is 1. The Morgan fingerprint density at radius 1 is 1.19 bits per heavy atom. The third kappa shape index (κ3) is 5.26. The number of aromatic nitrogens is 4. The Hall–Kier alpha value is -4.38. The van der Waals surface area contributed by atoms with Crippen molar-refractivity contribution in [1.29, 1.82) is 0 Å². The summed E-state index contributed by atoms with van der Waals surface area (Å²) in [5.74, 6) is -0.235. The van der Waals surface area contributed by atoms with Gasteiger partial charge in [-0.2, -0.15) is 0 Å². The molecule has 1 aliphatic rings. The number of hydrogen-bond acceptors (Lipinski definition) is 7. The van der Waals surface area contributed by atoms with E-state index in [-0.39, 0.29) is 24.2 Å². The molecule has 2 N–H and O–H groups in total. The van der Waals surface area contributed by atoms with Crippen LogP contribution in [0.5, 0.6) is 0 Å². The number of imidazole rings is 1. The number of hydrogen-bond donors (Lipinski definition) is 2. The molecule has 0 saturated carbocycles. The van der Waals surface area contributed by atoms with Crippen LogP contribution in [0.25, 0.3) is 33.4 Å². The first-order chi connectivity index (χ1) is 17.9. The lowest BCUT2D eigenvalue weighted by atomic mass is 10.0. The molecular formula is C26H26FN7O3. The maximum atomic E-state index is 14.7. The number of pyridine rings is 2. The summed E-state index contributed by atoms with van der Waals surface area (Å²) in [6, 6.07) is 10.3. The number of nitrogens with one attached hydrogen (secondary N) is 2. The van der Waals surface area contributed by atoms with Gasteiger partial charge in [-0.25, -0.2) is 14.2 Å². The van der Waals surface area contributed by atoms with Crippen LogP contribution in [0.3, 0.4) is 0 Å². The molecule has 3 aromatic heterocycles. The van der Waals surface area contributed by atoms with Crippen LogP contribution in [0.4, 0.5) is 15.1 Å². The van der Waals surface area contributed by atoms with E-state index in [1.54, 1.807) is 24.1 Å². The lowest BCUT2D eigenvalue weighted by molar-refractivity contribution is -0.136. The van der Waals surface area contributed by atoms with Crippen molar-refractivity contribution in [2.24, 2.45) is 0 Å². The van der Waals surface area contributed by atoms with Crippen LogP contribution in [0.15, 0.2) is 48.8 Å². The van der Waals surface area contributed by atoms with E-state index >= 15 is 0 Å². The van der Waals surface area contributed by atoms with E-state index in [0.717, 1.165) is 23.4 Å². The summed E-state index contributed by atoms with van der Waals surface area (Å²) in [4.78, 5) is 44.3. The fourth-order valence-electron chi connectivity index (χ4n) is 4.25. The molecule has 10 nitrogen and oxygen atoms in total. The molecule has 0 spiro atoms. The smallest absolute Gasteiger partial charge is 0.413 e. The van der Waals surface area contributed by atoms with E-state index in [4.69, 9.17) is 4.74 Å². The van der Waals surface area contributed by atoms with Gasteiger partial charge in [0.15, 0.2) is 0 Å². The van der Waals surface area contributed by atoms with Crippen molar-refractivity contribution >= 4 is 29.0 Å². The van der Waals surface area contributed by atoms with Crippen LogP contribution in [0.1, 0.15) is 12.6 Å². The first-order valence-electron chi connectivity index (χ1n) is 11.9. The Bertz CT molecular complexity index is 1450. The first-order valence-corrected chi connectivity index (χ1v) is 11.9. The molecule has 1 fully saturated rings. The van der Waals surface area contributed by atoms with E-state index in [1.807, 2.05) is 30.1 Å². The number of anilines is 1. The van der Waals surface area contributed by atoms with E-state index in [1.165, 1.54) is 18.3 Å². The highest BCUT2D eigenvalue weighted by Gasteiger charge is 2.22. The quantitative estimate of drug-likeness (QED) is 0.412. The maximum Gasteiger partial charge on any atom is 0.413 e. The second-order valence-corrected chi connectivity index (χ2v) is 8.78. The second-order valence-electron chi connectivity index (χ2n) is 8.78. The summed E-state index contributed by atoms with van der Waals surface area (Å²) in [5.41, 5.74) is 3.97. The molecule has 4 aromatic rings. The molecule has 0 aliphatic carbocycles. The normalized spacial score (nSPS) is 14.2. The van der Waals surface area contributed by atoms with Crippen LogP contribution in [0.2, 0.25) is 0 Å². The van der Waals surface area contributed by atoms with Gasteiger partial charge >= 0.3 is 6.09 Å². The van der Waals surface area contributed by atoms with Crippen molar-refractivity contribution in [3.63, 3.8) is 0 Å². The average molecular weight is 504 g/mol. The molecule has 0 unspecified atom stereocenters. The molecule has 0 atom stereocenters. The van der Waals surface area contributed by atoms with E-state index in [0.29, 0.717) is 36.2 Å². The number of likely N-dealkylation sites (N-methyl/N-ethyl adjacent to an activating group) is 1. The number of nitrogens with zero attached hydrogens (tertiary/aromatic N) is 5. The van der Waals surface area contributed by atoms with Crippen LogP contribution < -0.4 is 5.32 Å². The van der Waals surface area contributed by atoms with Crippen LogP contribution in [-0.2, 0) is 16.1 Å². The number of carbonyl (C=O) groups is 2. The summed E-state index contributed by atoms with van der Waals surface area (Å²) < 4.78 is 19.7. The fraction of sp³-hybridized carbons (Fsp3) is 0.269. The Morgan fingerprint density at radius 2 is 2.05 bits per heavy atom. The Balaban J connectivity index is 1.49. The van der Waals surface area contributed by atoms with Gasteiger partial charge < -0.3 is 14.6 Å². The van der Waals surface area contributed by atoms with E-state index in [9.17, 15) is 14.0 Å². The molecule has 1 saturated heterocycles. The van der Waals surface area contributed by atoms with Crippen LogP contribution >= 0.6 is 0 Å². The molecule has 0 radical (unpaired) electrons. The van der Waals surface area contributed by atoms with E-state index < -0.39 is 11.9 Å². The molecule has 1 aliphatic heterocycles. The summed E-state index contributed by atoms with van der Waals surface area (Å²) >= 11 is 0. The minimum absolute atomic E-state index is 0.0820. The molecule has 2 amide bonds. The number of halogens is 1. The molecule has 5 rings (SSSR count). The number of rotatable bonds is 6. The van der Waals surface area contributed by atoms with Gasteiger partial charge in [-0.3, -0.25) is 25.0 Å². The summed E-state index contributed by atoms with van der Waals surface area (Å²) in [6.07, 6.45) is 2.59. The van der Waals surface area contributed by atoms with Crippen molar-refractivity contribution in [3.8, 4) is 22.4 Å². The maximum absolute atomic E-state index is 14.7. The number of fused-ring (bicyclic) bond motifs is 1. The molecular weight excluding hydrogens is 477 g/mol. The summed E-state index contributed by atoms with van der Waals surface area (Å²) in [6.45, 7) is 4.26. The largest absolute Gasteiger partial charge is 0.450 e. The Morgan fingerprint density at radius 3 is 2.78 bits per heavy atom. The third-order valence-corrected chi connectivity index (χ3v) is 6.12. The zero-order valence-corrected chi connectivity index (χ0v) is 20.5. The van der Waals surface area contributed by atoms with Crippen molar-refractivity contribution in [3.05, 3.63) is 60.3 Å². The topological polar surface area (TPSA) is 116 Å². The third-order valence-electron chi connectivity index (χ3n) is 6.12.